The molecule has 1 saturated heterocycles. The molecular formula is C24H23N3O2. The van der Waals surface area contributed by atoms with E-state index in [0.717, 1.165) is 24.1 Å². The number of hydrogen-bond donors (Lipinski definition) is 0. The molecule has 146 valence electrons. The fraction of sp³-hybridized carbons (Fsp3) is 0.208. The van der Waals surface area contributed by atoms with Crippen molar-refractivity contribution >= 4 is 17.5 Å². The van der Waals surface area contributed by atoms with Crippen LogP contribution in [0.4, 0.5) is 5.69 Å². The van der Waals surface area contributed by atoms with Gasteiger partial charge < -0.3 is 9.80 Å². The third kappa shape index (κ3) is 4.19. The van der Waals surface area contributed by atoms with Gasteiger partial charge in [-0.25, -0.2) is 0 Å². The van der Waals surface area contributed by atoms with Crippen molar-refractivity contribution in [2.45, 2.75) is 18.9 Å². The molecule has 0 radical (unpaired) electrons. The zero-order valence-corrected chi connectivity index (χ0v) is 16.1. The molecule has 1 atom stereocenters. The van der Waals surface area contributed by atoms with Crippen LogP contribution in [0.15, 0.2) is 85.2 Å². The third-order valence-corrected chi connectivity index (χ3v) is 5.20. The van der Waals surface area contributed by atoms with Crippen molar-refractivity contribution < 1.29 is 9.59 Å². The summed E-state index contributed by atoms with van der Waals surface area (Å²) < 4.78 is 0. The highest BCUT2D eigenvalue weighted by Gasteiger charge is 2.40. The Balaban J connectivity index is 1.58. The summed E-state index contributed by atoms with van der Waals surface area (Å²) >= 11 is 0. The first-order valence-corrected chi connectivity index (χ1v) is 9.84. The average molecular weight is 385 g/mol. The Morgan fingerprint density at radius 3 is 2.31 bits per heavy atom. The van der Waals surface area contributed by atoms with Crippen LogP contribution in [-0.2, 0) is 16.0 Å². The van der Waals surface area contributed by atoms with Gasteiger partial charge in [0.1, 0.15) is 12.6 Å². The lowest BCUT2D eigenvalue weighted by molar-refractivity contribution is -0.143. The van der Waals surface area contributed by atoms with Crippen LogP contribution in [0.1, 0.15) is 23.6 Å². The molecular weight excluding hydrogens is 362 g/mol. The summed E-state index contributed by atoms with van der Waals surface area (Å²) in [7, 11) is 0. The number of rotatable bonds is 6. The van der Waals surface area contributed by atoms with Crippen molar-refractivity contribution in [3.8, 4) is 0 Å². The number of piperazine rings is 1. The first-order valence-electron chi connectivity index (χ1n) is 9.84. The summed E-state index contributed by atoms with van der Waals surface area (Å²) in [6.07, 6.45) is 5.01. The summed E-state index contributed by atoms with van der Waals surface area (Å²) in [5.41, 5.74) is 2.71. The number of amides is 2. The molecule has 1 unspecified atom stereocenters. The van der Waals surface area contributed by atoms with Gasteiger partial charge in [-0.1, -0.05) is 54.6 Å². The van der Waals surface area contributed by atoms with Crippen molar-refractivity contribution in [1.29, 1.82) is 0 Å². The van der Waals surface area contributed by atoms with Gasteiger partial charge in [0.2, 0.25) is 5.91 Å². The highest BCUT2D eigenvalue weighted by molar-refractivity contribution is 6.06. The van der Waals surface area contributed by atoms with Crippen LogP contribution >= 0.6 is 0 Å². The monoisotopic (exact) mass is 385 g/mol. The zero-order chi connectivity index (χ0) is 20.1. The van der Waals surface area contributed by atoms with Crippen molar-refractivity contribution in [2.24, 2.45) is 0 Å². The molecule has 0 saturated carbocycles. The van der Waals surface area contributed by atoms with E-state index in [9.17, 15) is 9.59 Å². The van der Waals surface area contributed by atoms with Crippen LogP contribution in [0, 0.1) is 0 Å². The van der Waals surface area contributed by atoms with Crippen molar-refractivity contribution in [2.75, 3.05) is 18.0 Å². The fourth-order valence-electron chi connectivity index (χ4n) is 3.77. The van der Waals surface area contributed by atoms with Crippen LogP contribution in [0.2, 0.25) is 0 Å². The molecule has 5 nitrogen and oxygen atoms in total. The molecule has 2 aromatic carbocycles. The fourth-order valence-corrected chi connectivity index (χ4v) is 3.77. The molecule has 4 rings (SSSR count). The normalized spacial score (nSPS) is 16.9. The highest BCUT2D eigenvalue weighted by Crippen LogP contribution is 2.30. The second kappa shape index (κ2) is 8.69. The van der Waals surface area contributed by atoms with E-state index >= 15 is 0 Å². The lowest BCUT2D eigenvalue weighted by Crippen LogP contribution is -2.56. The molecule has 0 N–H and O–H groups in total. The number of carbonyl (C=O) groups excluding carboxylic acids is 2. The predicted octanol–water partition coefficient (Wildman–Crippen LogP) is 3.63. The number of aromatic nitrogens is 1. The topological polar surface area (TPSA) is 53.5 Å². The quantitative estimate of drug-likeness (QED) is 0.651. The van der Waals surface area contributed by atoms with E-state index in [0.29, 0.717) is 6.54 Å². The summed E-state index contributed by atoms with van der Waals surface area (Å²) in [6, 6.07) is 22.6. The van der Waals surface area contributed by atoms with Gasteiger partial charge >= 0.3 is 0 Å². The Hall–Kier alpha value is -3.47. The SMILES string of the molecule is O=C1C(c2cccnc2)N(CCCc2ccccc2)C(=O)CN1c1ccccc1. The number of nitrogens with zero attached hydrogens (tertiary/aromatic N) is 3. The van der Waals surface area contributed by atoms with Gasteiger partial charge in [0.05, 0.1) is 0 Å². The molecule has 3 aromatic rings. The molecule has 0 bridgehead atoms. The number of hydrogen-bond acceptors (Lipinski definition) is 3. The Labute approximate surface area is 170 Å². The molecule has 0 spiro atoms. The molecule has 29 heavy (non-hydrogen) atoms. The van der Waals surface area contributed by atoms with E-state index in [-0.39, 0.29) is 18.4 Å². The average Bonchev–Trinajstić information content (AvgIpc) is 2.78. The molecule has 2 heterocycles. The molecule has 1 aromatic heterocycles. The third-order valence-electron chi connectivity index (χ3n) is 5.20. The first-order chi connectivity index (χ1) is 14.2. The van der Waals surface area contributed by atoms with Gasteiger partial charge in [-0.2, -0.15) is 0 Å². The molecule has 0 aliphatic carbocycles. The largest absolute Gasteiger partial charge is 0.325 e. The smallest absolute Gasteiger partial charge is 0.254 e. The Morgan fingerprint density at radius 1 is 0.897 bits per heavy atom. The number of aryl methyl sites for hydroxylation is 1. The predicted molar refractivity (Wildman–Crippen MR) is 112 cm³/mol. The lowest BCUT2D eigenvalue weighted by Gasteiger charge is -2.40. The zero-order valence-electron chi connectivity index (χ0n) is 16.1. The van der Waals surface area contributed by atoms with Crippen LogP contribution in [0.3, 0.4) is 0 Å². The standard InChI is InChI=1S/C24H23N3O2/c28-22-18-27(21-13-5-2-6-14-21)24(29)23(20-12-7-15-25-17-20)26(22)16-8-11-19-9-3-1-4-10-19/h1-7,9-10,12-15,17,23H,8,11,16,18H2. The summed E-state index contributed by atoms with van der Waals surface area (Å²) in [5.74, 6) is -0.140. The van der Waals surface area contributed by atoms with Crippen LogP contribution in [-0.4, -0.2) is 34.8 Å². The Bertz CT molecular complexity index is 961. The van der Waals surface area contributed by atoms with Gasteiger partial charge in [-0.15, -0.1) is 0 Å². The van der Waals surface area contributed by atoms with Crippen molar-refractivity contribution in [3.63, 3.8) is 0 Å². The Morgan fingerprint density at radius 2 is 1.62 bits per heavy atom. The lowest BCUT2D eigenvalue weighted by atomic mass is 10.0. The number of pyridine rings is 1. The maximum Gasteiger partial charge on any atom is 0.254 e. The van der Waals surface area contributed by atoms with E-state index in [1.54, 1.807) is 28.3 Å². The maximum atomic E-state index is 13.4. The van der Waals surface area contributed by atoms with Gasteiger partial charge in [-0.05, 0) is 36.6 Å². The minimum Gasteiger partial charge on any atom is -0.325 e. The minimum absolute atomic E-state index is 0.0460. The number of anilines is 1. The molecule has 1 aliphatic rings. The Kier molecular flexibility index (Phi) is 5.66. The highest BCUT2D eigenvalue weighted by atomic mass is 16.2. The van der Waals surface area contributed by atoms with Crippen molar-refractivity contribution in [1.82, 2.24) is 9.88 Å². The van der Waals surface area contributed by atoms with Gasteiger partial charge in [0, 0.05) is 30.2 Å². The first kappa shape index (κ1) is 18.9. The van der Waals surface area contributed by atoms with E-state index in [1.165, 1.54) is 5.56 Å². The summed E-state index contributed by atoms with van der Waals surface area (Å²) in [4.78, 5) is 33.9. The van der Waals surface area contributed by atoms with Crippen molar-refractivity contribution in [3.05, 3.63) is 96.3 Å². The molecule has 2 amide bonds. The van der Waals surface area contributed by atoms with E-state index in [1.807, 2.05) is 54.6 Å². The van der Waals surface area contributed by atoms with Gasteiger partial charge in [0.25, 0.3) is 5.91 Å². The molecule has 1 fully saturated rings. The van der Waals surface area contributed by atoms with Crippen LogP contribution in [0.25, 0.3) is 0 Å². The van der Waals surface area contributed by atoms with E-state index in [4.69, 9.17) is 0 Å². The molecule has 5 heteroatoms. The molecule has 1 aliphatic heterocycles. The van der Waals surface area contributed by atoms with E-state index in [2.05, 4.69) is 17.1 Å². The second-order valence-electron chi connectivity index (χ2n) is 7.13. The number of para-hydroxylation sites is 1. The summed E-state index contributed by atoms with van der Waals surface area (Å²) in [5, 5.41) is 0. The summed E-state index contributed by atoms with van der Waals surface area (Å²) in [6.45, 7) is 0.590. The van der Waals surface area contributed by atoms with Crippen LogP contribution in [0.5, 0.6) is 0 Å². The van der Waals surface area contributed by atoms with Gasteiger partial charge in [0.15, 0.2) is 0 Å². The number of benzene rings is 2. The number of carbonyl (C=O) groups is 2. The maximum absolute atomic E-state index is 13.4. The van der Waals surface area contributed by atoms with Crippen LogP contribution < -0.4 is 4.90 Å². The second-order valence-corrected chi connectivity index (χ2v) is 7.13. The van der Waals surface area contributed by atoms with Gasteiger partial charge in [-0.3, -0.25) is 14.6 Å². The minimum atomic E-state index is -0.652. The van der Waals surface area contributed by atoms with E-state index < -0.39 is 6.04 Å².